The van der Waals surface area contributed by atoms with Crippen LogP contribution >= 0.6 is 11.6 Å². The molecule has 0 radical (unpaired) electrons. The summed E-state index contributed by atoms with van der Waals surface area (Å²) >= 11 is 6.17. The number of fused-ring (bicyclic) bond motifs is 1. The number of likely N-dealkylation sites (N-methyl/N-ethyl adjacent to an activating group) is 1. The number of nitrogens with zero attached hydrogens (tertiary/aromatic N) is 4. The lowest BCUT2D eigenvalue weighted by atomic mass is 10.2. The predicted molar refractivity (Wildman–Crippen MR) is 126 cm³/mol. The molecule has 3 heterocycles. The van der Waals surface area contributed by atoms with E-state index in [1.807, 2.05) is 36.2 Å². The summed E-state index contributed by atoms with van der Waals surface area (Å²) in [6.07, 6.45) is 7.80. The van der Waals surface area contributed by atoms with E-state index >= 15 is 0 Å². The molecule has 7 heteroatoms. The summed E-state index contributed by atoms with van der Waals surface area (Å²) in [4.78, 5) is 19.3. The van der Waals surface area contributed by atoms with Crippen molar-refractivity contribution in [1.29, 1.82) is 0 Å². The van der Waals surface area contributed by atoms with Crippen molar-refractivity contribution in [2.75, 3.05) is 46.4 Å². The quantitative estimate of drug-likeness (QED) is 0.468. The van der Waals surface area contributed by atoms with Crippen LogP contribution in [0.3, 0.4) is 0 Å². The van der Waals surface area contributed by atoms with E-state index in [2.05, 4.69) is 34.9 Å². The molecule has 1 fully saturated rings. The number of carbonyl (C=O) groups is 1. The highest BCUT2D eigenvalue weighted by molar-refractivity contribution is 6.31. The fourth-order valence-electron chi connectivity index (χ4n) is 3.94. The van der Waals surface area contributed by atoms with E-state index in [0.29, 0.717) is 19.0 Å². The normalized spacial score (nSPS) is 18.6. The fraction of sp³-hybridized carbons (Fsp3) is 0.542. The van der Waals surface area contributed by atoms with Gasteiger partial charge in [-0.25, -0.2) is 0 Å². The van der Waals surface area contributed by atoms with E-state index in [1.54, 1.807) is 0 Å². The Bertz CT molecular complexity index is 850. The van der Waals surface area contributed by atoms with Crippen LogP contribution in [-0.4, -0.2) is 71.6 Å². The Morgan fingerprint density at radius 1 is 1.19 bits per heavy atom. The summed E-state index contributed by atoms with van der Waals surface area (Å²) in [5.74, 6) is 0.790. The highest BCUT2D eigenvalue weighted by Gasteiger charge is 2.24. The van der Waals surface area contributed by atoms with Crippen LogP contribution in [-0.2, 0) is 17.8 Å². The highest BCUT2D eigenvalue weighted by Crippen LogP contribution is 2.21. The zero-order chi connectivity index (χ0) is 22.4. The van der Waals surface area contributed by atoms with Crippen molar-refractivity contribution < 1.29 is 9.53 Å². The zero-order valence-electron chi connectivity index (χ0n) is 19.1. The third-order valence-corrected chi connectivity index (χ3v) is 6.07. The second kappa shape index (κ2) is 10.9. The molecule has 0 aromatic carbocycles. The van der Waals surface area contributed by atoms with Gasteiger partial charge in [0, 0.05) is 56.2 Å². The molecule has 31 heavy (non-hydrogen) atoms. The van der Waals surface area contributed by atoms with Crippen LogP contribution in [0.5, 0.6) is 0 Å². The van der Waals surface area contributed by atoms with Gasteiger partial charge >= 0.3 is 0 Å². The Kier molecular flexibility index (Phi) is 8.27. The van der Waals surface area contributed by atoms with Crippen molar-refractivity contribution in [3.63, 3.8) is 0 Å². The molecular formula is C24H35ClN4O2. The van der Waals surface area contributed by atoms with Gasteiger partial charge in [0.1, 0.15) is 6.61 Å². The molecule has 170 valence electrons. The third-order valence-electron chi connectivity index (χ3n) is 5.81. The Morgan fingerprint density at radius 3 is 2.65 bits per heavy atom. The van der Waals surface area contributed by atoms with Gasteiger partial charge in [0.25, 0.3) is 5.91 Å². The number of halogens is 1. The molecule has 3 rings (SSSR count). The Hall–Kier alpha value is -2.18. The van der Waals surface area contributed by atoms with Crippen LogP contribution in [0.2, 0.25) is 0 Å². The molecule has 0 aliphatic carbocycles. The molecule has 2 aliphatic heterocycles. The minimum atomic E-state index is 0.132. The van der Waals surface area contributed by atoms with E-state index in [1.165, 1.54) is 0 Å². The fourth-order valence-corrected chi connectivity index (χ4v) is 4.28. The number of aromatic nitrogens is 1. The molecule has 0 saturated carbocycles. The average Bonchev–Trinajstić information content (AvgIpc) is 3.03. The number of rotatable bonds is 7. The topological polar surface area (TPSA) is 41.0 Å². The van der Waals surface area contributed by atoms with Gasteiger partial charge in [0.15, 0.2) is 5.88 Å². The van der Waals surface area contributed by atoms with Crippen molar-refractivity contribution in [2.45, 2.75) is 39.8 Å². The second-order valence-electron chi connectivity index (χ2n) is 8.45. The number of ether oxygens (including phenoxy) is 1. The summed E-state index contributed by atoms with van der Waals surface area (Å²) < 4.78 is 8.15. The largest absolute Gasteiger partial charge is 0.475 e. The maximum Gasteiger partial charge on any atom is 0.255 e. The van der Waals surface area contributed by atoms with Crippen LogP contribution in [0.4, 0.5) is 0 Å². The smallest absolute Gasteiger partial charge is 0.255 e. The molecule has 2 aliphatic rings. The van der Waals surface area contributed by atoms with Crippen LogP contribution in [0.25, 0.3) is 0 Å². The molecule has 0 N–H and O–H groups in total. The van der Waals surface area contributed by atoms with Crippen LogP contribution in [0.15, 0.2) is 47.5 Å². The van der Waals surface area contributed by atoms with Gasteiger partial charge in [-0.3, -0.25) is 4.79 Å². The second-order valence-corrected chi connectivity index (χ2v) is 8.89. The van der Waals surface area contributed by atoms with Gasteiger partial charge < -0.3 is 24.0 Å². The van der Waals surface area contributed by atoms with Gasteiger partial charge in [0.2, 0.25) is 0 Å². The number of hydrogen-bond acceptors (Lipinski definition) is 4. The third kappa shape index (κ3) is 6.40. The summed E-state index contributed by atoms with van der Waals surface area (Å²) in [5, 5.41) is 0.736. The number of aryl methyl sites for hydroxylation is 1. The lowest BCUT2D eigenvalue weighted by Gasteiger charge is -2.32. The van der Waals surface area contributed by atoms with Crippen molar-refractivity contribution >= 4 is 17.5 Å². The first-order valence-electron chi connectivity index (χ1n) is 11.1. The molecule has 0 bridgehead atoms. The molecule has 1 amide bonds. The van der Waals surface area contributed by atoms with Gasteiger partial charge in [-0.05, 0) is 51.1 Å². The van der Waals surface area contributed by atoms with Gasteiger partial charge in [0.05, 0.1) is 12.1 Å². The summed E-state index contributed by atoms with van der Waals surface area (Å²) in [5.41, 5.74) is 2.96. The van der Waals surface area contributed by atoms with Crippen LogP contribution in [0.1, 0.15) is 42.7 Å². The number of piperazine rings is 1. The van der Waals surface area contributed by atoms with Crippen molar-refractivity contribution in [3.8, 4) is 0 Å². The number of hydrogen-bond donors (Lipinski definition) is 0. The molecule has 0 unspecified atom stereocenters. The molecule has 1 aromatic heterocycles. The summed E-state index contributed by atoms with van der Waals surface area (Å²) in [7, 11) is 2.10. The Labute approximate surface area is 191 Å². The minimum absolute atomic E-state index is 0.132. The standard InChI is InChI=1S/C24H35ClN4O2/c1-5-7-22(25)14-19(2)18-31-20(3)28-8-6-9-29-16-21(15-23(29)17-28)24(30)27-12-10-26(4)11-13-27/h7,14-16H,3,5-6,8-13,17-18H2,1-2,4H3. The van der Waals surface area contributed by atoms with Crippen molar-refractivity contribution in [2.24, 2.45) is 0 Å². The molecule has 6 nitrogen and oxygen atoms in total. The van der Waals surface area contributed by atoms with E-state index in [-0.39, 0.29) is 5.91 Å². The minimum Gasteiger partial charge on any atom is -0.475 e. The molecular weight excluding hydrogens is 412 g/mol. The number of carbonyl (C=O) groups excluding carboxylic acids is 1. The average molecular weight is 447 g/mol. The predicted octanol–water partition coefficient (Wildman–Crippen LogP) is 4.05. The maximum atomic E-state index is 13.0. The van der Waals surface area contributed by atoms with E-state index in [0.717, 1.165) is 74.0 Å². The van der Waals surface area contributed by atoms with Crippen molar-refractivity contribution in [3.05, 3.63) is 58.7 Å². The van der Waals surface area contributed by atoms with Gasteiger partial charge in [-0.2, -0.15) is 0 Å². The van der Waals surface area contributed by atoms with Gasteiger partial charge in [-0.15, -0.1) is 0 Å². The lowest BCUT2D eigenvalue weighted by molar-refractivity contribution is 0.0664. The number of allylic oxidation sites excluding steroid dienone is 3. The summed E-state index contributed by atoms with van der Waals surface area (Å²) in [6.45, 7) is 14.6. The SMILES string of the molecule is C=C(OCC(C)=CC(Cl)=CCC)N1CCCn2cc(C(=O)N3CCN(C)CC3)cc2C1. The summed E-state index contributed by atoms with van der Waals surface area (Å²) in [6, 6.07) is 2.03. The van der Waals surface area contributed by atoms with Crippen LogP contribution < -0.4 is 0 Å². The highest BCUT2D eigenvalue weighted by atomic mass is 35.5. The molecule has 0 atom stereocenters. The first-order valence-corrected chi connectivity index (χ1v) is 11.5. The molecule has 0 spiro atoms. The molecule has 1 saturated heterocycles. The number of amides is 1. The van der Waals surface area contributed by atoms with Crippen LogP contribution in [0, 0.1) is 0 Å². The molecule has 1 aromatic rings. The maximum absolute atomic E-state index is 13.0. The van der Waals surface area contributed by atoms with E-state index in [9.17, 15) is 4.79 Å². The Morgan fingerprint density at radius 2 is 1.94 bits per heavy atom. The van der Waals surface area contributed by atoms with Gasteiger partial charge in [-0.1, -0.05) is 24.6 Å². The zero-order valence-corrected chi connectivity index (χ0v) is 19.8. The van der Waals surface area contributed by atoms with E-state index < -0.39 is 0 Å². The Balaban J connectivity index is 1.60. The van der Waals surface area contributed by atoms with Crippen molar-refractivity contribution in [1.82, 2.24) is 19.3 Å². The first-order chi connectivity index (χ1) is 14.9. The lowest BCUT2D eigenvalue weighted by Crippen LogP contribution is -2.47. The van der Waals surface area contributed by atoms with E-state index in [4.69, 9.17) is 16.3 Å². The first kappa shape index (κ1) is 23.5. The monoisotopic (exact) mass is 446 g/mol.